The molecule has 0 amide bonds. The van der Waals surface area contributed by atoms with E-state index in [1.54, 1.807) is 0 Å². The number of nitrogens with zero attached hydrogens (tertiary/aromatic N) is 4. The van der Waals surface area contributed by atoms with Crippen molar-refractivity contribution in [2.24, 2.45) is 0 Å². The van der Waals surface area contributed by atoms with Gasteiger partial charge in [-0.2, -0.15) is 0 Å². The van der Waals surface area contributed by atoms with E-state index in [1.165, 1.54) is 82.2 Å². The lowest BCUT2D eigenvalue weighted by Crippen LogP contribution is -2.31. The molecule has 0 spiro atoms. The molecule has 0 saturated heterocycles. The van der Waals surface area contributed by atoms with Crippen LogP contribution in [0.4, 0.5) is 34.1 Å². The van der Waals surface area contributed by atoms with Gasteiger partial charge in [0, 0.05) is 60.8 Å². The molecule has 13 aromatic rings. The van der Waals surface area contributed by atoms with Crippen LogP contribution in [0.3, 0.4) is 0 Å². The van der Waals surface area contributed by atoms with E-state index in [2.05, 4.69) is 288 Å². The average Bonchev–Trinajstić information content (AvgIpc) is 3.95. The molecule has 342 valence electrons. The van der Waals surface area contributed by atoms with Gasteiger partial charge in [0.05, 0.1) is 39.1 Å². The summed E-state index contributed by atoms with van der Waals surface area (Å²) in [5.41, 5.74) is 19.6. The van der Waals surface area contributed by atoms with E-state index in [4.69, 9.17) is 0 Å². The Balaban J connectivity index is 0.996. The summed E-state index contributed by atoms with van der Waals surface area (Å²) in [6.07, 6.45) is 0. The third kappa shape index (κ3) is 6.46. The largest absolute Gasteiger partial charge is 0.310 e. The number of aromatic nitrogens is 2. The van der Waals surface area contributed by atoms with Gasteiger partial charge in [-0.1, -0.05) is 171 Å². The maximum Gasteiger partial charge on any atom is 0.0546 e. The Morgan fingerprint density at radius 2 is 0.764 bits per heavy atom. The number of anilines is 6. The van der Waals surface area contributed by atoms with Gasteiger partial charge in [0.1, 0.15) is 0 Å². The van der Waals surface area contributed by atoms with Crippen LogP contribution in [0.15, 0.2) is 249 Å². The molecule has 0 fully saturated rings. The van der Waals surface area contributed by atoms with Gasteiger partial charge in [0.15, 0.2) is 0 Å². The van der Waals surface area contributed by atoms with Gasteiger partial charge in [-0.25, -0.2) is 0 Å². The molecular weight excluding hydrogens is 873 g/mol. The Labute approximate surface area is 419 Å². The Bertz CT molecular complexity index is 3980. The lowest BCUT2D eigenvalue weighted by Gasteiger charge is -2.42. The summed E-state index contributed by atoms with van der Waals surface area (Å²) in [7, 11) is 0. The van der Waals surface area contributed by atoms with Gasteiger partial charge < -0.3 is 18.9 Å². The molecule has 4 nitrogen and oxygen atoms in total. The second-order valence-electron chi connectivity index (χ2n) is 19.9. The van der Waals surface area contributed by atoms with E-state index < -0.39 is 0 Å². The first kappa shape index (κ1) is 41.8. The molecule has 11 aromatic carbocycles. The van der Waals surface area contributed by atoms with Crippen LogP contribution in [0, 0.1) is 6.92 Å². The fourth-order valence-electron chi connectivity index (χ4n) is 11.8. The highest BCUT2D eigenvalue weighted by molar-refractivity contribution is 6.11. The number of aryl methyl sites for hydroxylation is 1. The van der Waals surface area contributed by atoms with E-state index in [0.717, 1.165) is 45.5 Å². The summed E-state index contributed by atoms with van der Waals surface area (Å²) in [5.74, 6) is 0. The Morgan fingerprint density at radius 3 is 1.26 bits per heavy atom. The minimum absolute atomic E-state index is 0.313. The van der Waals surface area contributed by atoms with E-state index in [0.29, 0.717) is 0 Å². The number of benzene rings is 11. The van der Waals surface area contributed by atoms with Gasteiger partial charge in [-0.3, -0.25) is 0 Å². The van der Waals surface area contributed by atoms with Crippen molar-refractivity contribution in [2.75, 3.05) is 9.80 Å². The van der Waals surface area contributed by atoms with Crippen LogP contribution in [-0.4, -0.2) is 9.13 Å². The third-order valence-electron chi connectivity index (χ3n) is 15.3. The predicted octanol–water partition coefficient (Wildman–Crippen LogP) is 18.6. The van der Waals surface area contributed by atoms with Crippen LogP contribution in [0.5, 0.6) is 0 Å². The second kappa shape index (κ2) is 16.2. The Kier molecular flexibility index (Phi) is 9.43. The first-order chi connectivity index (χ1) is 35.4. The average molecular weight is 923 g/mol. The molecule has 4 heteroatoms. The van der Waals surface area contributed by atoms with Gasteiger partial charge in [-0.15, -0.1) is 0 Å². The summed E-state index contributed by atoms with van der Waals surface area (Å²) in [6.45, 7) is 6.93. The number of hydrogen-bond acceptors (Lipinski definition) is 2. The Hall–Kier alpha value is -9.12. The lowest BCUT2D eigenvalue weighted by atomic mass is 9.73. The molecule has 0 bridgehead atoms. The van der Waals surface area contributed by atoms with Crippen LogP contribution in [0.1, 0.15) is 30.5 Å². The quantitative estimate of drug-likeness (QED) is 0.158. The number of fused-ring (bicyclic) bond motifs is 9. The lowest BCUT2D eigenvalue weighted by molar-refractivity contribution is 0.631. The van der Waals surface area contributed by atoms with Crippen molar-refractivity contribution >= 4 is 88.5 Å². The maximum atomic E-state index is 2.52. The maximum absolute atomic E-state index is 2.52. The van der Waals surface area contributed by atoms with Crippen LogP contribution in [-0.2, 0) is 5.41 Å². The van der Waals surface area contributed by atoms with E-state index in [1.807, 2.05) is 0 Å². The van der Waals surface area contributed by atoms with E-state index in [-0.39, 0.29) is 5.41 Å². The number of para-hydroxylation sites is 4. The monoisotopic (exact) mass is 922 g/mol. The second-order valence-corrected chi connectivity index (χ2v) is 19.9. The molecule has 1 aliphatic heterocycles. The molecular formula is C68H50N4. The molecule has 0 N–H and O–H groups in total. The van der Waals surface area contributed by atoms with Gasteiger partial charge >= 0.3 is 0 Å². The van der Waals surface area contributed by atoms with Gasteiger partial charge in [0.25, 0.3) is 0 Å². The van der Waals surface area contributed by atoms with Gasteiger partial charge in [0.2, 0.25) is 0 Å². The van der Waals surface area contributed by atoms with Crippen molar-refractivity contribution in [3.63, 3.8) is 0 Å². The first-order valence-electron chi connectivity index (χ1n) is 25.0. The van der Waals surface area contributed by atoms with E-state index in [9.17, 15) is 0 Å². The van der Waals surface area contributed by atoms with Crippen LogP contribution in [0.25, 0.3) is 76.9 Å². The highest BCUT2D eigenvalue weighted by Crippen LogP contribution is 2.54. The highest BCUT2D eigenvalue weighted by Gasteiger charge is 2.38. The minimum Gasteiger partial charge on any atom is -0.310 e. The zero-order valence-electron chi connectivity index (χ0n) is 40.5. The molecule has 0 saturated carbocycles. The molecule has 2 aromatic heterocycles. The molecule has 0 aliphatic carbocycles. The standard InChI is InChI=1S/C68H50N4/c1-45-29-31-49(32-30-45)69(65-42-48(46-17-5-4-6-18-46)41-47-19-7-8-20-54(47)65)50-33-35-51(36-34-50)70-66-43-52(71-61-25-13-9-21-55(61)56-22-10-14-26-62(56)71)37-39-59(66)68(2,3)60-40-38-53(44-67(60)70)72-63-27-15-11-23-57(63)58-24-12-16-28-64(58)72/h4-44H,1-3H3. The van der Waals surface area contributed by atoms with Crippen LogP contribution >= 0.6 is 0 Å². The zero-order valence-corrected chi connectivity index (χ0v) is 40.5. The smallest absolute Gasteiger partial charge is 0.0546 e. The number of rotatable bonds is 7. The summed E-state index contributed by atoms with van der Waals surface area (Å²) < 4.78 is 4.88. The van der Waals surface area contributed by atoms with Crippen molar-refractivity contribution in [1.82, 2.24) is 9.13 Å². The fraction of sp³-hybridized carbons (Fsp3) is 0.0588. The molecule has 72 heavy (non-hydrogen) atoms. The topological polar surface area (TPSA) is 16.3 Å². The molecule has 0 atom stereocenters. The van der Waals surface area contributed by atoms with E-state index >= 15 is 0 Å². The summed E-state index contributed by atoms with van der Waals surface area (Å²) in [5, 5.41) is 7.39. The van der Waals surface area contributed by atoms with Crippen LogP contribution in [0.2, 0.25) is 0 Å². The fourth-order valence-corrected chi connectivity index (χ4v) is 11.8. The normalized spacial score (nSPS) is 13.0. The summed E-state index contributed by atoms with van der Waals surface area (Å²) in [4.78, 5) is 4.95. The first-order valence-corrected chi connectivity index (χ1v) is 25.0. The summed E-state index contributed by atoms with van der Waals surface area (Å²) >= 11 is 0. The molecule has 0 unspecified atom stereocenters. The van der Waals surface area contributed by atoms with Gasteiger partial charge in [-0.05, 0) is 132 Å². The van der Waals surface area contributed by atoms with Crippen molar-refractivity contribution < 1.29 is 0 Å². The van der Waals surface area contributed by atoms with Crippen molar-refractivity contribution in [3.05, 3.63) is 265 Å². The number of hydrogen-bond donors (Lipinski definition) is 0. The van der Waals surface area contributed by atoms with Crippen LogP contribution < -0.4 is 9.80 Å². The third-order valence-corrected chi connectivity index (χ3v) is 15.3. The van der Waals surface area contributed by atoms with Crippen molar-refractivity contribution in [2.45, 2.75) is 26.2 Å². The molecule has 1 aliphatic rings. The highest BCUT2D eigenvalue weighted by atomic mass is 15.2. The SMILES string of the molecule is Cc1ccc(N(c2ccc(N3c4cc(-n5c6ccccc6c6ccccc65)ccc4C(C)(C)c4ccc(-n5c6ccccc6c6ccccc65)cc43)cc2)c2cc(-c3ccccc3)cc3ccccc23)cc1. The predicted molar refractivity (Wildman–Crippen MR) is 304 cm³/mol. The molecule has 3 heterocycles. The Morgan fingerprint density at radius 1 is 0.347 bits per heavy atom. The molecule has 0 radical (unpaired) electrons. The van der Waals surface area contributed by atoms with Crippen molar-refractivity contribution in [3.8, 4) is 22.5 Å². The summed E-state index contributed by atoms with van der Waals surface area (Å²) in [6, 6.07) is 91.8. The van der Waals surface area contributed by atoms with Crippen molar-refractivity contribution in [1.29, 1.82) is 0 Å². The minimum atomic E-state index is -0.313. The molecule has 14 rings (SSSR count). The zero-order chi connectivity index (χ0) is 48.1.